The van der Waals surface area contributed by atoms with Crippen LogP contribution in [0, 0.1) is 12.8 Å². The van der Waals surface area contributed by atoms with E-state index in [1.807, 2.05) is 25.1 Å². The summed E-state index contributed by atoms with van der Waals surface area (Å²) < 4.78 is 29.8. The number of carbonyl (C=O) groups excluding carboxylic acids is 1. The molecule has 0 radical (unpaired) electrons. The number of rotatable bonds is 4. The largest absolute Gasteiger partial charge is 0.375 e. The predicted octanol–water partition coefficient (Wildman–Crippen LogP) is 0.942. The maximum atomic E-state index is 12.4. The number of hydrogen-bond donors (Lipinski definition) is 0. The first-order chi connectivity index (χ1) is 10.8. The fourth-order valence-corrected chi connectivity index (χ4v) is 5.92. The summed E-state index contributed by atoms with van der Waals surface area (Å²) in [6.45, 7) is 4.78. The standard InChI is InChI=1S/C16H22N2O4S/c1-12-4-3-5-15(17-12)9-22-8-14-6-7-23(20,21)16(14)10-18(11-16)13(2)19/h3-5,14H,6-11H2,1-2H3. The molecule has 1 aromatic heterocycles. The minimum absolute atomic E-state index is 0.0482. The van der Waals surface area contributed by atoms with Crippen LogP contribution in [0.25, 0.3) is 0 Å². The third-order valence-corrected chi connectivity index (χ3v) is 7.58. The minimum atomic E-state index is -3.16. The van der Waals surface area contributed by atoms with E-state index in [-0.39, 0.29) is 17.6 Å². The van der Waals surface area contributed by atoms with E-state index in [4.69, 9.17) is 4.74 Å². The number of amides is 1. The van der Waals surface area contributed by atoms with Gasteiger partial charge in [0.25, 0.3) is 0 Å². The summed E-state index contributed by atoms with van der Waals surface area (Å²) in [6, 6.07) is 5.75. The van der Waals surface area contributed by atoms with Crippen molar-refractivity contribution in [2.45, 2.75) is 31.6 Å². The van der Waals surface area contributed by atoms with Crippen molar-refractivity contribution in [1.82, 2.24) is 9.88 Å². The van der Waals surface area contributed by atoms with E-state index in [0.717, 1.165) is 11.4 Å². The molecule has 1 amide bonds. The molecule has 3 rings (SSSR count). The average molecular weight is 338 g/mol. The van der Waals surface area contributed by atoms with Crippen LogP contribution in [0.15, 0.2) is 18.2 Å². The van der Waals surface area contributed by atoms with Crippen LogP contribution in [0.4, 0.5) is 0 Å². The maximum absolute atomic E-state index is 12.4. The Morgan fingerprint density at radius 1 is 1.43 bits per heavy atom. The van der Waals surface area contributed by atoms with Crippen LogP contribution in [-0.2, 0) is 26.0 Å². The van der Waals surface area contributed by atoms with Gasteiger partial charge in [0.2, 0.25) is 5.91 Å². The Hall–Kier alpha value is -1.47. The lowest BCUT2D eigenvalue weighted by Gasteiger charge is -2.49. The second-order valence-corrected chi connectivity index (χ2v) is 8.98. The highest BCUT2D eigenvalue weighted by molar-refractivity contribution is 7.93. The molecule has 23 heavy (non-hydrogen) atoms. The van der Waals surface area contributed by atoms with Gasteiger partial charge in [0, 0.05) is 31.6 Å². The second kappa shape index (κ2) is 5.87. The molecule has 1 spiro atoms. The van der Waals surface area contributed by atoms with Gasteiger partial charge < -0.3 is 9.64 Å². The van der Waals surface area contributed by atoms with Crippen molar-refractivity contribution >= 4 is 15.7 Å². The predicted molar refractivity (Wildman–Crippen MR) is 85.5 cm³/mol. The molecular weight excluding hydrogens is 316 g/mol. The molecule has 2 saturated heterocycles. The number of sulfone groups is 1. The van der Waals surface area contributed by atoms with Crippen LogP contribution in [0.1, 0.15) is 24.7 Å². The van der Waals surface area contributed by atoms with Gasteiger partial charge in [0.1, 0.15) is 4.75 Å². The minimum Gasteiger partial charge on any atom is -0.375 e. The number of carbonyl (C=O) groups is 1. The molecule has 1 unspecified atom stereocenters. The lowest BCUT2D eigenvalue weighted by atomic mass is 9.83. The lowest BCUT2D eigenvalue weighted by Crippen LogP contribution is -2.68. The van der Waals surface area contributed by atoms with Crippen molar-refractivity contribution in [3.05, 3.63) is 29.6 Å². The number of pyridine rings is 1. The van der Waals surface area contributed by atoms with Crippen molar-refractivity contribution in [1.29, 1.82) is 0 Å². The zero-order valence-corrected chi connectivity index (χ0v) is 14.3. The number of hydrogen-bond acceptors (Lipinski definition) is 5. The number of aryl methyl sites for hydroxylation is 1. The van der Waals surface area contributed by atoms with Gasteiger partial charge in [-0.1, -0.05) is 6.07 Å². The van der Waals surface area contributed by atoms with E-state index < -0.39 is 14.6 Å². The monoisotopic (exact) mass is 338 g/mol. The molecule has 0 bridgehead atoms. The Labute approximate surface area is 136 Å². The van der Waals surface area contributed by atoms with E-state index >= 15 is 0 Å². The highest BCUT2D eigenvalue weighted by Crippen LogP contribution is 2.44. The topological polar surface area (TPSA) is 76.6 Å². The highest BCUT2D eigenvalue weighted by atomic mass is 32.2. The van der Waals surface area contributed by atoms with Crippen molar-refractivity contribution in [3.8, 4) is 0 Å². The molecule has 3 heterocycles. The summed E-state index contributed by atoms with van der Waals surface area (Å²) in [7, 11) is -3.16. The van der Waals surface area contributed by atoms with Gasteiger partial charge in [0.05, 0.1) is 24.7 Å². The van der Waals surface area contributed by atoms with Crippen LogP contribution in [0.3, 0.4) is 0 Å². The number of aromatic nitrogens is 1. The second-order valence-electron chi connectivity index (χ2n) is 6.53. The highest BCUT2D eigenvalue weighted by Gasteiger charge is 2.62. The van der Waals surface area contributed by atoms with Crippen LogP contribution in [0.5, 0.6) is 0 Å². The Morgan fingerprint density at radius 3 is 2.83 bits per heavy atom. The number of nitrogens with zero attached hydrogens (tertiary/aromatic N) is 2. The fraction of sp³-hybridized carbons (Fsp3) is 0.625. The maximum Gasteiger partial charge on any atom is 0.219 e. The average Bonchev–Trinajstić information content (AvgIpc) is 2.68. The molecule has 2 aliphatic heterocycles. The quantitative estimate of drug-likeness (QED) is 0.817. The van der Waals surface area contributed by atoms with Crippen molar-refractivity contribution < 1.29 is 17.9 Å². The van der Waals surface area contributed by atoms with E-state index in [0.29, 0.717) is 32.7 Å². The van der Waals surface area contributed by atoms with E-state index in [1.54, 1.807) is 4.90 Å². The van der Waals surface area contributed by atoms with E-state index in [2.05, 4.69) is 4.98 Å². The molecule has 2 aliphatic rings. The summed E-state index contributed by atoms with van der Waals surface area (Å²) in [5.41, 5.74) is 1.78. The summed E-state index contributed by atoms with van der Waals surface area (Å²) >= 11 is 0. The smallest absolute Gasteiger partial charge is 0.219 e. The van der Waals surface area contributed by atoms with Crippen LogP contribution in [-0.4, -0.2) is 54.4 Å². The van der Waals surface area contributed by atoms with Crippen LogP contribution < -0.4 is 0 Å². The summed E-state index contributed by atoms with van der Waals surface area (Å²) in [4.78, 5) is 17.4. The third kappa shape index (κ3) is 2.87. The van der Waals surface area contributed by atoms with Gasteiger partial charge in [-0.05, 0) is 25.5 Å². The Kier molecular flexibility index (Phi) is 4.18. The van der Waals surface area contributed by atoms with Gasteiger partial charge in [-0.3, -0.25) is 9.78 Å². The zero-order valence-electron chi connectivity index (χ0n) is 13.5. The lowest BCUT2D eigenvalue weighted by molar-refractivity contribution is -0.135. The molecule has 0 aliphatic carbocycles. The first-order valence-corrected chi connectivity index (χ1v) is 9.47. The molecule has 126 valence electrons. The molecule has 2 fully saturated rings. The molecule has 6 nitrogen and oxygen atoms in total. The van der Waals surface area contributed by atoms with Crippen molar-refractivity contribution in [2.75, 3.05) is 25.4 Å². The molecule has 7 heteroatoms. The van der Waals surface area contributed by atoms with Gasteiger partial charge in [-0.15, -0.1) is 0 Å². The van der Waals surface area contributed by atoms with Crippen molar-refractivity contribution in [2.24, 2.45) is 5.92 Å². The third-order valence-electron chi connectivity index (χ3n) is 4.98. The first-order valence-electron chi connectivity index (χ1n) is 7.82. The van der Waals surface area contributed by atoms with Crippen LogP contribution >= 0.6 is 0 Å². The summed E-state index contributed by atoms with van der Waals surface area (Å²) in [5.74, 6) is 0.0735. The summed E-state index contributed by atoms with van der Waals surface area (Å²) in [5, 5.41) is 0. The zero-order chi connectivity index (χ0) is 16.7. The van der Waals surface area contributed by atoms with Crippen LogP contribution in [0.2, 0.25) is 0 Å². The summed E-state index contributed by atoms with van der Waals surface area (Å²) in [6.07, 6.45) is 0.606. The van der Waals surface area contributed by atoms with Gasteiger partial charge in [0.15, 0.2) is 9.84 Å². The van der Waals surface area contributed by atoms with Crippen molar-refractivity contribution in [3.63, 3.8) is 0 Å². The van der Waals surface area contributed by atoms with E-state index in [1.165, 1.54) is 6.92 Å². The molecule has 1 aromatic rings. The number of likely N-dealkylation sites (tertiary alicyclic amines) is 1. The fourth-order valence-electron chi connectivity index (χ4n) is 3.52. The molecular formula is C16H22N2O4S. The Bertz CT molecular complexity index is 711. The molecule has 0 N–H and O–H groups in total. The first kappa shape index (κ1) is 16.4. The molecule has 0 aromatic carbocycles. The Morgan fingerprint density at radius 2 is 2.17 bits per heavy atom. The normalized spacial score (nSPS) is 24.6. The van der Waals surface area contributed by atoms with Gasteiger partial charge >= 0.3 is 0 Å². The molecule has 0 saturated carbocycles. The van der Waals surface area contributed by atoms with E-state index in [9.17, 15) is 13.2 Å². The Balaban J connectivity index is 1.62. The van der Waals surface area contributed by atoms with Gasteiger partial charge in [-0.25, -0.2) is 8.42 Å². The number of ether oxygens (including phenoxy) is 1. The van der Waals surface area contributed by atoms with Gasteiger partial charge in [-0.2, -0.15) is 0 Å². The molecule has 1 atom stereocenters. The SMILES string of the molecule is CC(=O)N1CC2(C1)C(COCc1cccc(C)n1)CCS2(=O)=O.